The summed E-state index contributed by atoms with van der Waals surface area (Å²) in [5.41, 5.74) is 2.37. The molecule has 21 heavy (non-hydrogen) atoms. The predicted octanol–water partition coefficient (Wildman–Crippen LogP) is 3.34. The van der Waals surface area contributed by atoms with Crippen molar-refractivity contribution in [2.75, 3.05) is 11.3 Å². The molecule has 0 saturated carbocycles. The fourth-order valence-corrected chi connectivity index (χ4v) is 3.12. The van der Waals surface area contributed by atoms with Crippen molar-refractivity contribution in [3.05, 3.63) is 59.7 Å². The summed E-state index contributed by atoms with van der Waals surface area (Å²) >= 11 is 0. The summed E-state index contributed by atoms with van der Waals surface area (Å²) in [7, 11) is -3.44. The van der Waals surface area contributed by atoms with E-state index in [2.05, 4.69) is 4.72 Å². The van der Waals surface area contributed by atoms with Crippen LogP contribution >= 0.6 is 0 Å². The zero-order valence-corrected chi connectivity index (χ0v) is 13.0. The van der Waals surface area contributed by atoms with E-state index in [-0.39, 0.29) is 5.75 Å². The Morgan fingerprint density at radius 1 is 1.10 bits per heavy atom. The van der Waals surface area contributed by atoms with E-state index in [0.29, 0.717) is 18.0 Å². The minimum absolute atomic E-state index is 0.0495. The molecule has 0 spiro atoms. The van der Waals surface area contributed by atoms with Gasteiger partial charge in [-0.05, 0) is 31.5 Å². The maximum Gasteiger partial charge on any atom is 0.236 e. The van der Waals surface area contributed by atoms with Crippen molar-refractivity contribution in [3.63, 3.8) is 0 Å². The molecule has 2 aromatic rings. The van der Waals surface area contributed by atoms with E-state index < -0.39 is 10.0 Å². The molecule has 1 N–H and O–H groups in total. The van der Waals surface area contributed by atoms with Crippen molar-refractivity contribution in [3.8, 4) is 5.75 Å². The summed E-state index contributed by atoms with van der Waals surface area (Å²) in [6.45, 7) is 4.39. The molecule has 2 aromatic carbocycles. The van der Waals surface area contributed by atoms with Crippen molar-refractivity contribution < 1.29 is 13.2 Å². The topological polar surface area (TPSA) is 55.4 Å². The molecule has 0 bridgehead atoms. The van der Waals surface area contributed by atoms with Crippen LogP contribution in [-0.4, -0.2) is 15.0 Å². The Morgan fingerprint density at radius 2 is 1.81 bits per heavy atom. The lowest BCUT2D eigenvalue weighted by atomic mass is 10.2. The van der Waals surface area contributed by atoms with E-state index in [9.17, 15) is 8.42 Å². The van der Waals surface area contributed by atoms with Crippen LogP contribution in [0.3, 0.4) is 0 Å². The highest BCUT2D eigenvalue weighted by atomic mass is 32.2. The highest BCUT2D eigenvalue weighted by Crippen LogP contribution is 2.19. The Bertz CT molecular complexity index is 694. The van der Waals surface area contributed by atoms with Gasteiger partial charge in [-0.25, -0.2) is 8.42 Å². The van der Waals surface area contributed by atoms with Crippen LogP contribution in [0.1, 0.15) is 18.1 Å². The smallest absolute Gasteiger partial charge is 0.236 e. The van der Waals surface area contributed by atoms with Gasteiger partial charge in [0.2, 0.25) is 10.0 Å². The standard InChI is InChI=1S/C16H19NO3S/c1-3-20-16-6-4-5-15(11-16)17-21(18,19)12-14-9-7-13(2)8-10-14/h4-11,17H,3,12H2,1-2H3. The third-order valence-electron chi connectivity index (χ3n) is 2.90. The summed E-state index contributed by atoms with van der Waals surface area (Å²) in [4.78, 5) is 0. The zero-order valence-electron chi connectivity index (χ0n) is 12.2. The summed E-state index contributed by atoms with van der Waals surface area (Å²) in [5.74, 6) is 0.597. The van der Waals surface area contributed by atoms with Gasteiger partial charge in [-0.1, -0.05) is 35.9 Å². The molecule has 0 amide bonds. The SMILES string of the molecule is CCOc1cccc(NS(=O)(=O)Cc2ccc(C)cc2)c1. The second-order valence-corrected chi connectivity index (χ2v) is 6.53. The van der Waals surface area contributed by atoms with E-state index in [0.717, 1.165) is 11.1 Å². The number of sulfonamides is 1. The van der Waals surface area contributed by atoms with Crippen LogP contribution in [0.25, 0.3) is 0 Å². The quantitative estimate of drug-likeness (QED) is 0.890. The third kappa shape index (κ3) is 4.79. The first-order chi connectivity index (χ1) is 9.98. The average Bonchev–Trinajstić information content (AvgIpc) is 2.41. The third-order valence-corrected chi connectivity index (χ3v) is 4.16. The van der Waals surface area contributed by atoms with E-state index in [1.807, 2.05) is 38.1 Å². The molecule has 0 aliphatic heterocycles. The molecule has 0 radical (unpaired) electrons. The molecule has 0 aromatic heterocycles. The lowest BCUT2D eigenvalue weighted by Gasteiger charge is -2.10. The van der Waals surface area contributed by atoms with Gasteiger partial charge in [0.05, 0.1) is 18.0 Å². The van der Waals surface area contributed by atoms with Crippen molar-refractivity contribution in [1.29, 1.82) is 0 Å². The molecule has 0 aliphatic carbocycles. The molecule has 0 unspecified atom stereocenters. The summed E-state index contributed by atoms with van der Waals surface area (Å²) in [6, 6.07) is 14.4. The van der Waals surface area contributed by atoms with Crippen molar-refractivity contribution in [2.24, 2.45) is 0 Å². The van der Waals surface area contributed by atoms with Crippen molar-refractivity contribution in [1.82, 2.24) is 0 Å². The van der Waals surface area contributed by atoms with E-state index in [4.69, 9.17) is 4.74 Å². The monoisotopic (exact) mass is 305 g/mol. The normalized spacial score (nSPS) is 11.1. The molecular weight excluding hydrogens is 286 g/mol. The number of ether oxygens (including phenoxy) is 1. The Morgan fingerprint density at radius 3 is 2.48 bits per heavy atom. The van der Waals surface area contributed by atoms with Gasteiger partial charge in [-0.3, -0.25) is 4.72 Å². The van der Waals surface area contributed by atoms with Gasteiger partial charge in [-0.15, -0.1) is 0 Å². The Hall–Kier alpha value is -2.01. The van der Waals surface area contributed by atoms with Crippen molar-refractivity contribution in [2.45, 2.75) is 19.6 Å². The fraction of sp³-hybridized carbons (Fsp3) is 0.250. The van der Waals surface area contributed by atoms with Gasteiger partial charge in [0.1, 0.15) is 5.75 Å². The molecule has 0 aliphatic rings. The molecule has 0 atom stereocenters. The van der Waals surface area contributed by atoms with Gasteiger partial charge < -0.3 is 4.74 Å². The van der Waals surface area contributed by atoms with E-state index in [1.165, 1.54) is 0 Å². The fourth-order valence-electron chi connectivity index (χ4n) is 1.94. The second-order valence-electron chi connectivity index (χ2n) is 4.81. The molecule has 0 fully saturated rings. The number of nitrogens with one attached hydrogen (secondary N) is 1. The molecular formula is C16H19NO3S. The summed E-state index contributed by atoms with van der Waals surface area (Å²) in [6.07, 6.45) is 0. The van der Waals surface area contributed by atoms with Gasteiger partial charge in [-0.2, -0.15) is 0 Å². The van der Waals surface area contributed by atoms with Gasteiger partial charge in [0.15, 0.2) is 0 Å². The van der Waals surface area contributed by atoms with Gasteiger partial charge in [0.25, 0.3) is 0 Å². The summed E-state index contributed by atoms with van der Waals surface area (Å²) in [5, 5.41) is 0. The molecule has 0 saturated heterocycles. The highest BCUT2D eigenvalue weighted by Gasteiger charge is 2.12. The Labute approximate surface area is 125 Å². The number of benzene rings is 2. The molecule has 0 heterocycles. The average molecular weight is 305 g/mol. The van der Waals surface area contributed by atoms with E-state index >= 15 is 0 Å². The number of anilines is 1. The lowest BCUT2D eigenvalue weighted by Crippen LogP contribution is -2.15. The predicted molar refractivity (Wildman–Crippen MR) is 85.0 cm³/mol. The summed E-state index contributed by atoms with van der Waals surface area (Å²) < 4.78 is 32.3. The molecule has 5 heteroatoms. The van der Waals surface area contributed by atoms with Crippen LogP contribution in [0.4, 0.5) is 5.69 Å². The van der Waals surface area contributed by atoms with Crippen molar-refractivity contribution >= 4 is 15.7 Å². The van der Waals surface area contributed by atoms with Crippen LogP contribution in [0, 0.1) is 6.92 Å². The van der Waals surface area contributed by atoms with Crippen LogP contribution < -0.4 is 9.46 Å². The maximum absolute atomic E-state index is 12.2. The Balaban J connectivity index is 2.10. The number of aryl methyl sites for hydroxylation is 1. The van der Waals surface area contributed by atoms with Gasteiger partial charge >= 0.3 is 0 Å². The Kier molecular flexibility index (Phi) is 4.85. The second kappa shape index (κ2) is 6.63. The first-order valence-electron chi connectivity index (χ1n) is 6.77. The van der Waals surface area contributed by atoms with Crippen LogP contribution in [-0.2, 0) is 15.8 Å². The number of rotatable bonds is 6. The highest BCUT2D eigenvalue weighted by molar-refractivity contribution is 7.91. The number of hydrogen-bond acceptors (Lipinski definition) is 3. The van der Waals surface area contributed by atoms with Gasteiger partial charge in [0, 0.05) is 6.07 Å². The lowest BCUT2D eigenvalue weighted by molar-refractivity contribution is 0.340. The van der Waals surface area contributed by atoms with Crippen LogP contribution in [0.2, 0.25) is 0 Å². The molecule has 112 valence electrons. The minimum atomic E-state index is -3.44. The maximum atomic E-state index is 12.2. The molecule has 4 nitrogen and oxygen atoms in total. The van der Waals surface area contributed by atoms with E-state index in [1.54, 1.807) is 24.3 Å². The first kappa shape index (κ1) is 15.4. The first-order valence-corrected chi connectivity index (χ1v) is 8.42. The largest absolute Gasteiger partial charge is 0.494 e. The van der Waals surface area contributed by atoms with Crippen LogP contribution in [0.5, 0.6) is 5.75 Å². The zero-order chi connectivity index (χ0) is 15.3. The minimum Gasteiger partial charge on any atom is -0.494 e. The number of hydrogen-bond donors (Lipinski definition) is 1. The molecule has 2 rings (SSSR count). The van der Waals surface area contributed by atoms with Crippen LogP contribution in [0.15, 0.2) is 48.5 Å².